The minimum absolute atomic E-state index is 0.00345. The summed E-state index contributed by atoms with van der Waals surface area (Å²) >= 11 is 6.11. The molecule has 4 rings (SSSR count). The number of carbonyl (C=O) groups excluding carboxylic acids is 2. The number of aliphatic carboxylic acids is 1. The Morgan fingerprint density at radius 1 is 1.00 bits per heavy atom. The number of hydrogen-bond donors (Lipinski definition) is 2. The molecule has 1 aliphatic carbocycles. The minimum atomic E-state index is -1.02. The second-order valence-corrected chi connectivity index (χ2v) is 8.02. The van der Waals surface area contributed by atoms with Gasteiger partial charge in [-0.1, -0.05) is 47.7 Å². The third-order valence-electron chi connectivity index (χ3n) is 4.58. The fourth-order valence-corrected chi connectivity index (χ4v) is 4.32. The average Bonchev–Trinajstić information content (AvgIpc) is 3.01. The van der Waals surface area contributed by atoms with Gasteiger partial charge in [-0.25, -0.2) is 0 Å². The van der Waals surface area contributed by atoms with E-state index >= 15 is 0 Å². The van der Waals surface area contributed by atoms with Gasteiger partial charge in [0.05, 0.1) is 17.7 Å². The Labute approximate surface area is 178 Å². The molecule has 0 aliphatic heterocycles. The molecule has 3 aromatic rings. The molecule has 0 saturated carbocycles. The maximum atomic E-state index is 13.0. The van der Waals surface area contributed by atoms with Crippen LogP contribution in [0.25, 0.3) is 0 Å². The molecule has 0 amide bonds. The largest absolute Gasteiger partial charge is 0.492 e. The number of aromatic hydroxyl groups is 1. The van der Waals surface area contributed by atoms with Crippen LogP contribution < -0.4 is 0 Å². The molecule has 10 heteroatoms. The van der Waals surface area contributed by atoms with Crippen LogP contribution in [0.5, 0.6) is 5.88 Å². The van der Waals surface area contributed by atoms with Gasteiger partial charge in [0.25, 0.3) is 0 Å². The highest BCUT2D eigenvalue weighted by Gasteiger charge is 2.31. The van der Waals surface area contributed by atoms with E-state index in [0.717, 1.165) is 11.3 Å². The molecule has 150 valence electrons. The lowest BCUT2D eigenvalue weighted by Gasteiger charge is -2.18. The first-order chi connectivity index (χ1) is 14.4. The molecule has 0 bridgehead atoms. The highest BCUT2D eigenvalue weighted by atomic mass is 32.1. The van der Waals surface area contributed by atoms with Gasteiger partial charge in [0, 0.05) is 23.2 Å². The predicted molar refractivity (Wildman–Crippen MR) is 111 cm³/mol. The molecule has 0 radical (unpaired) electrons. The number of azo groups is 1. The molecular weight excluding hydrogens is 426 g/mol. The Kier molecular flexibility index (Phi) is 5.10. The molecule has 1 aromatic heterocycles. The molecule has 1 heterocycles. The maximum Gasteiger partial charge on any atom is 0.305 e. The first-order valence-corrected chi connectivity index (χ1v) is 9.98. The van der Waals surface area contributed by atoms with Gasteiger partial charge in [-0.3, -0.25) is 19.0 Å². The summed E-state index contributed by atoms with van der Waals surface area (Å²) in [6.07, 6.45) is -0.211. The number of carboxylic acid groups (broad SMARTS) is 1. The third-order valence-corrected chi connectivity index (χ3v) is 5.90. The lowest BCUT2D eigenvalue weighted by atomic mass is 9.83. The summed E-state index contributed by atoms with van der Waals surface area (Å²) in [7, 11) is 0. The second-order valence-electron chi connectivity index (χ2n) is 6.40. The van der Waals surface area contributed by atoms with E-state index in [1.807, 2.05) is 0 Å². The Morgan fingerprint density at radius 3 is 2.37 bits per heavy atom. The summed E-state index contributed by atoms with van der Waals surface area (Å²) in [6, 6.07) is 11.3. The van der Waals surface area contributed by atoms with E-state index in [1.165, 1.54) is 4.57 Å². The van der Waals surface area contributed by atoms with Crippen molar-refractivity contribution in [3.63, 3.8) is 0 Å². The monoisotopic (exact) mass is 439 g/mol. The SMILES string of the molecule is O=C(O)CCn1c(O)c(N=Nc2cccc3c2C(=O)c2ccccc2C3=O)sc1=S. The predicted octanol–water partition coefficient (Wildman–Crippen LogP) is 4.65. The lowest BCUT2D eigenvalue weighted by Crippen LogP contribution is -2.20. The molecule has 0 spiro atoms. The topological polar surface area (TPSA) is 121 Å². The number of rotatable bonds is 5. The zero-order chi connectivity index (χ0) is 21.4. The van der Waals surface area contributed by atoms with Crippen LogP contribution in [0.15, 0.2) is 52.7 Å². The highest BCUT2D eigenvalue weighted by molar-refractivity contribution is 7.73. The number of aromatic nitrogens is 1. The number of carboxylic acids is 1. The van der Waals surface area contributed by atoms with E-state index in [4.69, 9.17) is 17.3 Å². The fourth-order valence-electron chi connectivity index (χ4n) is 3.16. The molecule has 30 heavy (non-hydrogen) atoms. The van der Waals surface area contributed by atoms with Crippen LogP contribution in [-0.4, -0.2) is 32.3 Å². The molecule has 8 nitrogen and oxygen atoms in total. The number of thiazole rings is 1. The van der Waals surface area contributed by atoms with Crippen LogP contribution in [0.4, 0.5) is 10.7 Å². The second kappa shape index (κ2) is 7.73. The normalized spacial score (nSPS) is 12.8. The average molecular weight is 439 g/mol. The molecule has 0 atom stereocenters. The van der Waals surface area contributed by atoms with Gasteiger partial charge < -0.3 is 10.2 Å². The number of fused-ring (bicyclic) bond motifs is 2. The van der Waals surface area contributed by atoms with Crippen molar-refractivity contribution >= 4 is 51.8 Å². The van der Waals surface area contributed by atoms with E-state index in [2.05, 4.69) is 10.2 Å². The van der Waals surface area contributed by atoms with E-state index in [1.54, 1.807) is 42.5 Å². The minimum Gasteiger partial charge on any atom is -0.492 e. The van der Waals surface area contributed by atoms with Crippen LogP contribution >= 0.6 is 23.6 Å². The number of hydrogen-bond acceptors (Lipinski definition) is 8. The van der Waals surface area contributed by atoms with Crippen LogP contribution in [0, 0.1) is 3.95 Å². The number of carbonyl (C=O) groups is 3. The Hall–Kier alpha value is -3.50. The van der Waals surface area contributed by atoms with Crippen LogP contribution in [0.3, 0.4) is 0 Å². The summed E-state index contributed by atoms with van der Waals surface area (Å²) < 4.78 is 1.51. The third kappa shape index (κ3) is 3.36. The quantitative estimate of drug-likeness (QED) is 0.345. The number of benzene rings is 2. The van der Waals surface area contributed by atoms with Crippen molar-refractivity contribution in [1.82, 2.24) is 4.57 Å². The molecule has 2 aromatic carbocycles. The van der Waals surface area contributed by atoms with E-state index in [0.29, 0.717) is 11.1 Å². The molecule has 2 N–H and O–H groups in total. The zero-order valence-corrected chi connectivity index (χ0v) is 16.9. The summed E-state index contributed by atoms with van der Waals surface area (Å²) in [5, 5.41) is 27.3. The fraction of sp³-hybridized carbons (Fsp3) is 0.100. The zero-order valence-electron chi connectivity index (χ0n) is 15.2. The van der Waals surface area contributed by atoms with Crippen LogP contribution in [0.1, 0.15) is 38.3 Å². The number of ketones is 2. The van der Waals surface area contributed by atoms with Crippen molar-refractivity contribution in [2.75, 3.05) is 0 Å². The van der Waals surface area contributed by atoms with Crippen molar-refractivity contribution in [3.05, 3.63) is 68.7 Å². The van der Waals surface area contributed by atoms with E-state index in [9.17, 15) is 19.5 Å². The smallest absolute Gasteiger partial charge is 0.305 e. The van der Waals surface area contributed by atoms with Gasteiger partial charge >= 0.3 is 5.97 Å². The highest BCUT2D eigenvalue weighted by Crippen LogP contribution is 2.38. The molecule has 0 saturated heterocycles. The first-order valence-electron chi connectivity index (χ1n) is 8.76. The first kappa shape index (κ1) is 19.8. The Balaban J connectivity index is 1.73. The maximum absolute atomic E-state index is 13.0. The lowest BCUT2D eigenvalue weighted by molar-refractivity contribution is -0.137. The Morgan fingerprint density at radius 2 is 1.67 bits per heavy atom. The summed E-state index contributed by atoms with van der Waals surface area (Å²) in [4.78, 5) is 36.5. The van der Waals surface area contributed by atoms with Crippen LogP contribution in [-0.2, 0) is 11.3 Å². The van der Waals surface area contributed by atoms with Crippen molar-refractivity contribution in [2.24, 2.45) is 10.2 Å². The van der Waals surface area contributed by atoms with E-state index < -0.39 is 5.97 Å². The summed E-state index contributed by atoms with van der Waals surface area (Å²) in [6.45, 7) is -0.00345. The van der Waals surface area contributed by atoms with Crippen molar-refractivity contribution in [1.29, 1.82) is 0 Å². The van der Waals surface area contributed by atoms with Crippen molar-refractivity contribution < 1.29 is 24.6 Å². The van der Waals surface area contributed by atoms with Gasteiger partial charge in [-0.2, -0.15) is 0 Å². The molecule has 1 aliphatic rings. The van der Waals surface area contributed by atoms with Gasteiger partial charge in [0.2, 0.25) is 10.9 Å². The van der Waals surface area contributed by atoms with Gasteiger partial charge in [0.15, 0.2) is 15.5 Å². The standard InChI is InChI=1S/C20H13N3O5S2/c24-14(25)8-9-23-19(28)18(30-20(23)29)22-21-13-7-3-6-12-15(13)17(27)11-5-2-1-4-10(11)16(12)26/h1-7,28H,8-9H2,(H,24,25). The van der Waals surface area contributed by atoms with Gasteiger partial charge in [0.1, 0.15) is 0 Å². The van der Waals surface area contributed by atoms with Crippen LogP contribution in [0.2, 0.25) is 0 Å². The summed E-state index contributed by atoms with van der Waals surface area (Å²) in [5.41, 5.74) is 1.23. The molecule has 0 unspecified atom stereocenters. The molecular formula is C20H13N3O5S2. The van der Waals surface area contributed by atoms with Gasteiger partial charge in [-0.15, -0.1) is 10.2 Å². The van der Waals surface area contributed by atoms with Crippen molar-refractivity contribution in [2.45, 2.75) is 13.0 Å². The van der Waals surface area contributed by atoms with Crippen molar-refractivity contribution in [3.8, 4) is 5.88 Å². The number of nitrogens with zero attached hydrogens (tertiary/aromatic N) is 3. The van der Waals surface area contributed by atoms with E-state index in [-0.39, 0.29) is 56.2 Å². The van der Waals surface area contributed by atoms with Gasteiger partial charge in [-0.05, 0) is 18.3 Å². The molecule has 0 fully saturated rings. The Bertz CT molecular complexity index is 1310. The summed E-state index contributed by atoms with van der Waals surface area (Å²) in [5.74, 6) is -1.92.